The molecule has 0 aliphatic rings. The number of benzene rings is 1. The van der Waals surface area contributed by atoms with E-state index in [4.69, 9.17) is 0 Å². The molecular formula is C11H11F4NO3. The third kappa shape index (κ3) is 4.74. The van der Waals surface area contributed by atoms with E-state index >= 15 is 0 Å². The standard InChI is InChI=1S/C11H11F4NO3/c1-19-10(18)9(16-5-11(13,14)15)6-2-7(12)4-8(17)3-6/h2-4,9,16-17H,5H2,1H3. The molecule has 1 unspecified atom stereocenters. The van der Waals surface area contributed by atoms with Gasteiger partial charge >= 0.3 is 12.1 Å². The molecule has 0 heterocycles. The molecule has 1 rings (SSSR count). The number of aromatic hydroxyl groups is 1. The van der Waals surface area contributed by atoms with Crippen LogP contribution in [0.2, 0.25) is 0 Å². The summed E-state index contributed by atoms with van der Waals surface area (Å²) in [4.78, 5) is 11.4. The Morgan fingerprint density at radius 3 is 2.53 bits per heavy atom. The van der Waals surface area contributed by atoms with E-state index in [-0.39, 0.29) is 5.56 Å². The van der Waals surface area contributed by atoms with Crippen LogP contribution < -0.4 is 5.32 Å². The minimum absolute atomic E-state index is 0.159. The molecular weight excluding hydrogens is 270 g/mol. The van der Waals surface area contributed by atoms with Crippen molar-refractivity contribution in [3.8, 4) is 5.75 Å². The van der Waals surface area contributed by atoms with Crippen molar-refractivity contribution in [2.24, 2.45) is 0 Å². The molecule has 8 heteroatoms. The summed E-state index contributed by atoms with van der Waals surface area (Å²) in [6.45, 7) is -1.45. The third-order valence-corrected chi connectivity index (χ3v) is 2.18. The number of hydrogen-bond donors (Lipinski definition) is 2. The summed E-state index contributed by atoms with van der Waals surface area (Å²) >= 11 is 0. The van der Waals surface area contributed by atoms with Crippen LogP contribution in [0.5, 0.6) is 5.75 Å². The number of carbonyl (C=O) groups excluding carboxylic acids is 1. The van der Waals surface area contributed by atoms with Gasteiger partial charge in [-0.2, -0.15) is 13.2 Å². The molecule has 19 heavy (non-hydrogen) atoms. The van der Waals surface area contributed by atoms with Crippen LogP contribution in [-0.4, -0.2) is 30.9 Å². The third-order valence-electron chi connectivity index (χ3n) is 2.18. The smallest absolute Gasteiger partial charge is 0.401 e. The average molecular weight is 281 g/mol. The first-order chi connectivity index (χ1) is 8.73. The van der Waals surface area contributed by atoms with E-state index in [2.05, 4.69) is 4.74 Å². The minimum Gasteiger partial charge on any atom is -0.508 e. The number of phenols is 1. The second-order valence-corrected chi connectivity index (χ2v) is 3.70. The predicted octanol–water partition coefficient (Wildman–Crippen LogP) is 1.90. The molecule has 1 aromatic rings. The van der Waals surface area contributed by atoms with Crippen molar-refractivity contribution < 1.29 is 32.2 Å². The monoisotopic (exact) mass is 281 g/mol. The average Bonchev–Trinajstić information content (AvgIpc) is 2.26. The zero-order chi connectivity index (χ0) is 14.6. The van der Waals surface area contributed by atoms with Crippen LogP contribution in [-0.2, 0) is 9.53 Å². The van der Waals surface area contributed by atoms with E-state index in [0.29, 0.717) is 0 Å². The van der Waals surface area contributed by atoms with E-state index in [1.165, 1.54) is 0 Å². The van der Waals surface area contributed by atoms with Gasteiger partial charge in [-0.15, -0.1) is 0 Å². The maximum Gasteiger partial charge on any atom is 0.401 e. The highest BCUT2D eigenvalue weighted by molar-refractivity contribution is 5.77. The van der Waals surface area contributed by atoms with Gasteiger partial charge in [-0.3, -0.25) is 5.32 Å². The summed E-state index contributed by atoms with van der Waals surface area (Å²) in [7, 11) is 0.990. The lowest BCUT2D eigenvalue weighted by molar-refractivity contribution is -0.146. The molecule has 1 aromatic carbocycles. The van der Waals surface area contributed by atoms with E-state index in [0.717, 1.165) is 25.3 Å². The molecule has 4 nitrogen and oxygen atoms in total. The van der Waals surface area contributed by atoms with E-state index in [1.54, 1.807) is 0 Å². The summed E-state index contributed by atoms with van der Waals surface area (Å²) in [5.74, 6) is -2.40. The van der Waals surface area contributed by atoms with Gasteiger partial charge in [-0.25, -0.2) is 9.18 Å². The molecule has 0 radical (unpaired) electrons. The first-order valence-corrected chi connectivity index (χ1v) is 5.10. The van der Waals surface area contributed by atoms with Gasteiger partial charge in [0.2, 0.25) is 0 Å². The van der Waals surface area contributed by atoms with Gasteiger partial charge in [0, 0.05) is 6.07 Å². The van der Waals surface area contributed by atoms with Gasteiger partial charge < -0.3 is 9.84 Å². The van der Waals surface area contributed by atoms with Crippen molar-refractivity contribution in [2.45, 2.75) is 12.2 Å². The summed E-state index contributed by atoms with van der Waals surface area (Å²) in [6.07, 6.45) is -4.54. The van der Waals surface area contributed by atoms with Crippen LogP contribution in [0, 0.1) is 5.82 Å². The maximum atomic E-state index is 13.1. The summed E-state index contributed by atoms with van der Waals surface area (Å²) in [5.41, 5.74) is -0.159. The number of alkyl halides is 3. The topological polar surface area (TPSA) is 58.6 Å². The Morgan fingerprint density at radius 2 is 2.05 bits per heavy atom. The number of carbonyl (C=O) groups is 1. The molecule has 106 valence electrons. The van der Waals surface area contributed by atoms with Gasteiger partial charge in [0.05, 0.1) is 13.7 Å². The first-order valence-electron chi connectivity index (χ1n) is 5.10. The van der Waals surface area contributed by atoms with Crippen LogP contribution in [0.1, 0.15) is 11.6 Å². The molecule has 0 aliphatic carbocycles. The number of methoxy groups -OCH3 is 1. The predicted molar refractivity (Wildman–Crippen MR) is 56.9 cm³/mol. The highest BCUT2D eigenvalue weighted by atomic mass is 19.4. The fourth-order valence-corrected chi connectivity index (χ4v) is 1.44. The zero-order valence-corrected chi connectivity index (χ0v) is 9.79. The number of esters is 1. The van der Waals surface area contributed by atoms with Gasteiger partial charge in [0.15, 0.2) is 0 Å². The molecule has 0 aromatic heterocycles. The van der Waals surface area contributed by atoms with Crippen molar-refractivity contribution in [2.75, 3.05) is 13.7 Å². The van der Waals surface area contributed by atoms with Gasteiger partial charge in [0.1, 0.15) is 17.6 Å². The Balaban J connectivity index is 2.99. The first kappa shape index (κ1) is 15.2. The number of ether oxygens (including phenoxy) is 1. The zero-order valence-electron chi connectivity index (χ0n) is 9.79. The highest BCUT2D eigenvalue weighted by Crippen LogP contribution is 2.23. The van der Waals surface area contributed by atoms with Crippen molar-refractivity contribution in [1.29, 1.82) is 0 Å². The van der Waals surface area contributed by atoms with Crippen LogP contribution in [0.3, 0.4) is 0 Å². The fourth-order valence-electron chi connectivity index (χ4n) is 1.44. The van der Waals surface area contributed by atoms with Crippen LogP contribution in [0.15, 0.2) is 18.2 Å². The van der Waals surface area contributed by atoms with E-state index in [9.17, 15) is 27.5 Å². The van der Waals surface area contributed by atoms with Gasteiger partial charge in [-0.1, -0.05) is 0 Å². The number of phenolic OH excluding ortho intramolecular Hbond substituents is 1. The Kier molecular flexibility index (Phi) is 4.71. The minimum atomic E-state index is -4.54. The lowest BCUT2D eigenvalue weighted by Crippen LogP contribution is -2.36. The highest BCUT2D eigenvalue weighted by Gasteiger charge is 2.31. The van der Waals surface area contributed by atoms with Crippen molar-refractivity contribution in [1.82, 2.24) is 5.32 Å². The van der Waals surface area contributed by atoms with Crippen molar-refractivity contribution in [3.63, 3.8) is 0 Å². The van der Waals surface area contributed by atoms with Crippen LogP contribution >= 0.6 is 0 Å². The van der Waals surface area contributed by atoms with E-state index in [1.807, 2.05) is 5.32 Å². The fraction of sp³-hybridized carbons (Fsp3) is 0.364. The normalized spacial score (nSPS) is 13.1. The molecule has 1 atom stereocenters. The second kappa shape index (κ2) is 5.87. The quantitative estimate of drug-likeness (QED) is 0.653. The number of halogens is 4. The molecule has 0 fully saturated rings. The maximum absolute atomic E-state index is 13.1. The molecule has 0 saturated carbocycles. The Labute approximate surface area is 106 Å². The van der Waals surface area contributed by atoms with Crippen LogP contribution in [0.25, 0.3) is 0 Å². The molecule has 0 saturated heterocycles. The van der Waals surface area contributed by atoms with Crippen molar-refractivity contribution >= 4 is 5.97 Å². The molecule has 0 aliphatic heterocycles. The van der Waals surface area contributed by atoms with Crippen molar-refractivity contribution in [3.05, 3.63) is 29.6 Å². The summed E-state index contributed by atoms with van der Waals surface area (Å²) in [6, 6.07) is 1.06. The lowest BCUT2D eigenvalue weighted by atomic mass is 10.1. The second-order valence-electron chi connectivity index (χ2n) is 3.70. The molecule has 0 bridgehead atoms. The van der Waals surface area contributed by atoms with Gasteiger partial charge in [0.25, 0.3) is 0 Å². The SMILES string of the molecule is COC(=O)C(NCC(F)(F)F)c1cc(O)cc(F)c1. The molecule has 0 amide bonds. The lowest BCUT2D eigenvalue weighted by Gasteiger charge is -2.18. The number of nitrogens with one attached hydrogen (secondary N) is 1. The van der Waals surface area contributed by atoms with Gasteiger partial charge in [-0.05, 0) is 17.7 Å². The van der Waals surface area contributed by atoms with E-state index < -0.39 is 36.3 Å². The summed E-state index contributed by atoms with van der Waals surface area (Å²) < 4.78 is 53.8. The number of rotatable bonds is 4. The summed E-state index contributed by atoms with van der Waals surface area (Å²) in [5, 5.41) is 11.1. The molecule has 2 N–H and O–H groups in total. The Bertz CT molecular complexity index is 441. The largest absolute Gasteiger partial charge is 0.508 e. The number of hydrogen-bond acceptors (Lipinski definition) is 4. The van der Waals surface area contributed by atoms with Crippen LogP contribution in [0.4, 0.5) is 17.6 Å². The Morgan fingerprint density at radius 1 is 1.42 bits per heavy atom. The molecule has 0 spiro atoms. The Hall–Kier alpha value is -1.83.